The Bertz CT molecular complexity index is 1340. The van der Waals surface area contributed by atoms with Gasteiger partial charge in [0, 0.05) is 24.2 Å². The van der Waals surface area contributed by atoms with E-state index in [1.54, 1.807) is 24.3 Å². The summed E-state index contributed by atoms with van der Waals surface area (Å²) in [5, 5.41) is 22.2. The van der Waals surface area contributed by atoms with Crippen molar-refractivity contribution in [1.29, 1.82) is 0 Å². The minimum Gasteiger partial charge on any atom is -0.485 e. The van der Waals surface area contributed by atoms with Crippen LogP contribution in [0.5, 0.6) is 5.75 Å². The maximum Gasteiger partial charge on any atom is 0.269 e. The van der Waals surface area contributed by atoms with E-state index in [-0.39, 0.29) is 10.6 Å². The molecule has 0 aliphatic carbocycles. The zero-order chi connectivity index (χ0) is 25.4. The van der Waals surface area contributed by atoms with Crippen LogP contribution < -0.4 is 14.4 Å². The maximum absolute atomic E-state index is 13.1. The van der Waals surface area contributed by atoms with E-state index in [1.165, 1.54) is 12.1 Å². The third-order valence-electron chi connectivity index (χ3n) is 6.11. The molecule has 35 heavy (non-hydrogen) atoms. The van der Waals surface area contributed by atoms with Crippen molar-refractivity contribution in [3.8, 4) is 5.75 Å². The molecule has 3 aromatic carbocycles. The smallest absolute Gasteiger partial charge is 0.269 e. The molecule has 10 heteroatoms. The number of nitro groups is 1. The number of ether oxygens (including phenoxy) is 1. The molecular weight excluding hydrogens is 470 g/mol. The molecule has 0 spiro atoms. The summed E-state index contributed by atoms with van der Waals surface area (Å²) in [4.78, 5) is 12.2. The third-order valence-corrected chi connectivity index (χ3v) is 7.50. The van der Waals surface area contributed by atoms with E-state index in [4.69, 9.17) is 4.74 Å². The lowest BCUT2D eigenvalue weighted by atomic mass is 9.85. The van der Waals surface area contributed by atoms with E-state index in [0.717, 1.165) is 17.7 Å². The van der Waals surface area contributed by atoms with Crippen LogP contribution in [0.3, 0.4) is 0 Å². The van der Waals surface area contributed by atoms with Crippen LogP contribution in [0.1, 0.15) is 32.4 Å². The van der Waals surface area contributed by atoms with Gasteiger partial charge in [0.25, 0.3) is 15.7 Å². The molecule has 0 aromatic heterocycles. The highest BCUT2D eigenvalue weighted by molar-refractivity contribution is 7.92. The maximum atomic E-state index is 13.1. The van der Waals surface area contributed by atoms with Gasteiger partial charge in [-0.15, -0.1) is 0 Å². The predicted octanol–water partition coefficient (Wildman–Crippen LogP) is 4.50. The highest BCUT2D eigenvalue weighted by atomic mass is 32.2. The lowest BCUT2D eigenvalue weighted by Gasteiger charge is -2.47. The van der Waals surface area contributed by atoms with Crippen LogP contribution in [0.4, 0.5) is 17.1 Å². The highest BCUT2D eigenvalue weighted by Crippen LogP contribution is 2.45. The summed E-state index contributed by atoms with van der Waals surface area (Å²) in [5.41, 5.74) is 0.629. The predicted molar refractivity (Wildman–Crippen MR) is 133 cm³/mol. The molecule has 1 aliphatic heterocycles. The number of para-hydroxylation sites is 3. The van der Waals surface area contributed by atoms with Crippen molar-refractivity contribution < 1.29 is 23.2 Å². The molecule has 0 radical (unpaired) electrons. The number of aliphatic hydroxyl groups excluding tert-OH is 1. The molecule has 2 atom stereocenters. The van der Waals surface area contributed by atoms with Gasteiger partial charge in [-0.05, 0) is 51.1 Å². The number of likely N-dealkylation sites (N-methyl/N-ethyl adjacent to an activating group) is 1. The second kappa shape index (κ2) is 9.20. The normalized spacial score (nSPS) is 18.7. The van der Waals surface area contributed by atoms with Crippen molar-refractivity contribution in [2.45, 2.75) is 43.4 Å². The Morgan fingerprint density at radius 3 is 2.34 bits per heavy atom. The van der Waals surface area contributed by atoms with Crippen molar-refractivity contribution in [2.24, 2.45) is 0 Å². The Balaban J connectivity index is 1.74. The number of nitrogens with zero attached hydrogens (tertiary/aromatic N) is 2. The second-order valence-corrected chi connectivity index (χ2v) is 10.5. The van der Waals surface area contributed by atoms with Gasteiger partial charge in [0.05, 0.1) is 27.2 Å². The van der Waals surface area contributed by atoms with Gasteiger partial charge in [0.1, 0.15) is 17.5 Å². The van der Waals surface area contributed by atoms with Crippen LogP contribution in [-0.2, 0) is 10.0 Å². The standard InChI is InChI=1S/C25H27N3O6S/c1-4-27(23-19-9-5-8-12-22(19)34-25(2,3)24(23)29)21-11-7-6-10-20(21)26-35(32,33)18-15-13-17(14-16-18)28(30)31/h5-16,23-24,26,29H,4H2,1-3H3. The van der Waals surface area contributed by atoms with Gasteiger partial charge >= 0.3 is 0 Å². The van der Waals surface area contributed by atoms with Crippen LogP contribution in [0, 0.1) is 10.1 Å². The number of nitrogens with one attached hydrogen (secondary N) is 1. The Morgan fingerprint density at radius 2 is 1.69 bits per heavy atom. The van der Waals surface area contributed by atoms with E-state index >= 15 is 0 Å². The van der Waals surface area contributed by atoms with Crippen LogP contribution in [0.2, 0.25) is 0 Å². The molecule has 3 aromatic rings. The topological polar surface area (TPSA) is 122 Å². The van der Waals surface area contributed by atoms with Crippen molar-refractivity contribution >= 4 is 27.1 Å². The van der Waals surface area contributed by atoms with Gasteiger partial charge in [-0.1, -0.05) is 30.3 Å². The molecule has 4 rings (SSSR count). The van der Waals surface area contributed by atoms with Gasteiger partial charge in [0.2, 0.25) is 0 Å². The van der Waals surface area contributed by atoms with Gasteiger partial charge in [-0.2, -0.15) is 0 Å². The van der Waals surface area contributed by atoms with Crippen molar-refractivity contribution in [3.05, 3.63) is 88.5 Å². The summed E-state index contributed by atoms with van der Waals surface area (Å²) in [7, 11) is -4.03. The minimum atomic E-state index is -4.03. The molecule has 2 unspecified atom stereocenters. The lowest BCUT2D eigenvalue weighted by Crippen LogP contribution is -2.53. The van der Waals surface area contributed by atoms with E-state index in [2.05, 4.69) is 4.72 Å². The number of non-ortho nitro benzene ring substituents is 1. The quantitative estimate of drug-likeness (QED) is 0.364. The number of fused-ring (bicyclic) bond motifs is 1. The number of benzene rings is 3. The highest BCUT2D eigenvalue weighted by Gasteiger charge is 2.45. The fourth-order valence-electron chi connectivity index (χ4n) is 4.33. The van der Waals surface area contributed by atoms with E-state index in [0.29, 0.717) is 23.7 Å². The molecule has 9 nitrogen and oxygen atoms in total. The second-order valence-electron chi connectivity index (χ2n) is 8.79. The Labute approximate surface area is 204 Å². The number of anilines is 2. The summed E-state index contributed by atoms with van der Waals surface area (Å²) >= 11 is 0. The monoisotopic (exact) mass is 497 g/mol. The SMILES string of the molecule is CCN(c1ccccc1NS(=O)(=O)c1ccc([N+](=O)[O-])cc1)C1c2ccccc2OC(C)(C)C1O. The Hall–Kier alpha value is -3.63. The fraction of sp³-hybridized carbons (Fsp3) is 0.280. The molecule has 1 aliphatic rings. The van der Waals surface area contributed by atoms with E-state index < -0.39 is 32.7 Å². The van der Waals surface area contributed by atoms with Gasteiger partial charge < -0.3 is 14.7 Å². The summed E-state index contributed by atoms with van der Waals surface area (Å²) in [5.74, 6) is 0.662. The van der Waals surface area contributed by atoms with Gasteiger partial charge in [-0.25, -0.2) is 8.42 Å². The van der Waals surface area contributed by atoms with Crippen molar-refractivity contribution in [2.75, 3.05) is 16.2 Å². The summed E-state index contributed by atoms with van der Waals surface area (Å²) < 4.78 is 34.9. The average Bonchev–Trinajstić information content (AvgIpc) is 2.82. The fourth-order valence-corrected chi connectivity index (χ4v) is 5.40. The molecule has 184 valence electrons. The first-order valence-corrected chi connectivity index (χ1v) is 12.6. The van der Waals surface area contributed by atoms with Crippen molar-refractivity contribution in [3.63, 3.8) is 0 Å². The largest absolute Gasteiger partial charge is 0.485 e. The Kier molecular flexibility index (Phi) is 6.44. The van der Waals surface area contributed by atoms with Crippen LogP contribution in [0.15, 0.2) is 77.7 Å². The number of sulfonamides is 1. The third kappa shape index (κ3) is 4.67. The first-order valence-electron chi connectivity index (χ1n) is 11.1. The summed E-state index contributed by atoms with van der Waals surface area (Å²) in [6.45, 7) is 6.04. The molecule has 0 fully saturated rings. The molecule has 0 saturated carbocycles. The number of aliphatic hydroxyl groups is 1. The zero-order valence-corrected chi connectivity index (χ0v) is 20.4. The van der Waals surface area contributed by atoms with Crippen LogP contribution >= 0.6 is 0 Å². The van der Waals surface area contributed by atoms with E-state index in [1.807, 2.05) is 49.9 Å². The summed E-state index contributed by atoms with van der Waals surface area (Å²) in [6, 6.07) is 18.6. The number of nitro benzene ring substituents is 1. The average molecular weight is 498 g/mol. The molecule has 0 amide bonds. The number of hydrogen-bond donors (Lipinski definition) is 2. The summed E-state index contributed by atoms with van der Waals surface area (Å²) in [6.07, 6.45) is -0.906. The molecule has 0 saturated heterocycles. The molecule has 1 heterocycles. The lowest BCUT2D eigenvalue weighted by molar-refractivity contribution is -0.384. The first kappa shape index (κ1) is 24.5. The number of hydrogen-bond acceptors (Lipinski definition) is 7. The van der Waals surface area contributed by atoms with Crippen molar-refractivity contribution in [1.82, 2.24) is 0 Å². The molecule has 2 N–H and O–H groups in total. The van der Waals surface area contributed by atoms with Crippen LogP contribution in [-0.4, -0.2) is 36.7 Å². The van der Waals surface area contributed by atoms with Crippen LogP contribution in [0.25, 0.3) is 0 Å². The zero-order valence-electron chi connectivity index (χ0n) is 19.6. The Morgan fingerprint density at radius 1 is 1.06 bits per heavy atom. The first-order chi connectivity index (χ1) is 16.5. The van der Waals surface area contributed by atoms with Gasteiger partial charge in [0.15, 0.2) is 0 Å². The minimum absolute atomic E-state index is 0.0986. The van der Waals surface area contributed by atoms with Gasteiger partial charge in [-0.3, -0.25) is 14.8 Å². The number of rotatable bonds is 7. The molecular formula is C25H27N3O6S. The van der Waals surface area contributed by atoms with E-state index in [9.17, 15) is 23.6 Å². The molecule has 0 bridgehead atoms.